The maximum Gasteiger partial charge on any atom is 0.191 e. The number of guanidine groups is 1. The molecule has 0 saturated heterocycles. The minimum atomic E-state index is 0.504. The minimum Gasteiger partial charge on any atom is -0.357 e. The number of hydrogen-bond acceptors (Lipinski definition) is 2. The second-order valence-electron chi connectivity index (χ2n) is 5.34. The molecule has 0 bridgehead atoms. The van der Waals surface area contributed by atoms with Gasteiger partial charge in [0, 0.05) is 19.3 Å². The third kappa shape index (κ3) is 3.72. The van der Waals surface area contributed by atoms with Crippen molar-refractivity contribution in [3.8, 4) is 0 Å². The van der Waals surface area contributed by atoms with Crippen molar-refractivity contribution in [2.24, 2.45) is 10.4 Å². The van der Waals surface area contributed by atoms with E-state index in [0.29, 0.717) is 12.0 Å². The fraction of sp³-hybridized carbons (Fsp3) is 0.714. The number of H-pyrrole nitrogens is 1. The molecule has 1 aromatic heterocycles. The van der Waals surface area contributed by atoms with Gasteiger partial charge in [0.15, 0.2) is 5.96 Å². The Kier molecular flexibility index (Phi) is 4.82. The number of nitrogens with zero attached hydrogens (tertiary/aromatic N) is 2. The molecule has 19 heavy (non-hydrogen) atoms. The Hall–Kier alpha value is -1.52. The Morgan fingerprint density at radius 2 is 2.26 bits per heavy atom. The molecule has 0 aliphatic heterocycles. The van der Waals surface area contributed by atoms with Crippen LogP contribution in [0.2, 0.25) is 0 Å². The van der Waals surface area contributed by atoms with Crippen molar-refractivity contribution in [2.45, 2.75) is 46.1 Å². The van der Waals surface area contributed by atoms with Gasteiger partial charge < -0.3 is 10.6 Å². The molecule has 0 unspecified atom stereocenters. The lowest BCUT2D eigenvalue weighted by Gasteiger charge is -2.41. The third-order valence-electron chi connectivity index (χ3n) is 4.11. The van der Waals surface area contributed by atoms with Crippen LogP contribution in [0.5, 0.6) is 0 Å². The van der Waals surface area contributed by atoms with Gasteiger partial charge in [0.05, 0.1) is 12.2 Å². The summed E-state index contributed by atoms with van der Waals surface area (Å²) in [7, 11) is 0. The molecule has 106 valence electrons. The maximum absolute atomic E-state index is 4.57. The van der Waals surface area contributed by atoms with Gasteiger partial charge in [-0.2, -0.15) is 5.10 Å². The van der Waals surface area contributed by atoms with E-state index in [9.17, 15) is 0 Å². The van der Waals surface area contributed by atoms with Crippen LogP contribution in [0.15, 0.2) is 17.3 Å². The molecule has 2 rings (SSSR count). The van der Waals surface area contributed by atoms with Gasteiger partial charge in [-0.15, -0.1) is 0 Å². The summed E-state index contributed by atoms with van der Waals surface area (Å²) in [6.45, 7) is 6.92. The van der Waals surface area contributed by atoms with Crippen molar-refractivity contribution in [1.29, 1.82) is 0 Å². The third-order valence-corrected chi connectivity index (χ3v) is 4.11. The molecule has 0 atom stereocenters. The summed E-state index contributed by atoms with van der Waals surface area (Å²) in [5.41, 5.74) is 1.54. The summed E-state index contributed by atoms with van der Waals surface area (Å²) in [5.74, 6) is 0.900. The number of aromatic amines is 1. The zero-order valence-corrected chi connectivity index (χ0v) is 12.0. The lowest BCUT2D eigenvalue weighted by molar-refractivity contribution is 0.131. The molecule has 0 amide bonds. The molecule has 0 radical (unpaired) electrons. The minimum absolute atomic E-state index is 0.504. The van der Waals surface area contributed by atoms with Gasteiger partial charge in [0.25, 0.3) is 0 Å². The lowest BCUT2D eigenvalue weighted by atomic mass is 9.67. The van der Waals surface area contributed by atoms with Gasteiger partial charge >= 0.3 is 0 Å². The molecule has 5 nitrogen and oxygen atoms in total. The van der Waals surface area contributed by atoms with E-state index in [0.717, 1.165) is 24.7 Å². The van der Waals surface area contributed by atoms with Crippen LogP contribution in [0.4, 0.5) is 0 Å². The molecule has 0 aromatic carbocycles. The predicted octanol–water partition coefficient (Wildman–Crippen LogP) is 2.05. The van der Waals surface area contributed by atoms with Crippen molar-refractivity contribution in [1.82, 2.24) is 20.8 Å². The quantitative estimate of drug-likeness (QED) is 0.543. The number of hydrogen-bond donors (Lipinski definition) is 3. The van der Waals surface area contributed by atoms with E-state index in [2.05, 4.69) is 39.7 Å². The highest BCUT2D eigenvalue weighted by atomic mass is 15.2. The van der Waals surface area contributed by atoms with Crippen LogP contribution in [-0.2, 0) is 6.54 Å². The van der Waals surface area contributed by atoms with Crippen molar-refractivity contribution in [3.63, 3.8) is 0 Å². The average Bonchev–Trinajstić information content (AvgIpc) is 2.88. The Balaban J connectivity index is 1.86. The number of aliphatic imine (C=N–C) groups is 1. The van der Waals surface area contributed by atoms with Crippen LogP contribution >= 0.6 is 0 Å². The Labute approximate surface area is 115 Å². The van der Waals surface area contributed by atoms with E-state index >= 15 is 0 Å². The van der Waals surface area contributed by atoms with Gasteiger partial charge in [-0.05, 0) is 37.7 Å². The highest BCUT2D eigenvalue weighted by molar-refractivity contribution is 5.79. The smallest absolute Gasteiger partial charge is 0.191 e. The summed E-state index contributed by atoms with van der Waals surface area (Å²) in [5, 5.41) is 13.6. The molecule has 1 aromatic rings. The van der Waals surface area contributed by atoms with Gasteiger partial charge in [-0.3, -0.25) is 5.10 Å². The van der Waals surface area contributed by atoms with Gasteiger partial charge in [0.1, 0.15) is 0 Å². The van der Waals surface area contributed by atoms with E-state index < -0.39 is 0 Å². The molecule has 5 heteroatoms. The topological polar surface area (TPSA) is 65.1 Å². The van der Waals surface area contributed by atoms with E-state index in [1.165, 1.54) is 25.7 Å². The normalized spacial score (nSPS) is 17.9. The standard InChI is InChI=1S/C14H25N5/c1-3-14(7-5-8-14)11-17-13(15-4-2)16-10-12-6-9-18-19-12/h6,9H,3-5,7-8,10-11H2,1-2H3,(H,18,19)(H2,15,16,17). The molecule has 3 N–H and O–H groups in total. The van der Waals surface area contributed by atoms with Crippen molar-refractivity contribution in [3.05, 3.63) is 18.0 Å². The largest absolute Gasteiger partial charge is 0.357 e. The average molecular weight is 263 g/mol. The summed E-state index contributed by atoms with van der Waals surface area (Å²) >= 11 is 0. The number of aromatic nitrogens is 2. The zero-order chi connectivity index (χ0) is 13.6. The van der Waals surface area contributed by atoms with Gasteiger partial charge in [-0.25, -0.2) is 4.99 Å². The second kappa shape index (κ2) is 6.59. The van der Waals surface area contributed by atoms with Crippen molar-refractivity contribution < 1.29 is 0 Å². The van der Waals surface area contributed by atoms with E-state index in [-0.39, 0.29) is 0 Å². The van der Waals surface area contributed by atoms with Crippen LogP contribution in [0.3, 0.4) is 0 Å². The van der Waals surface area contributed by atoms with Gasteiger partial charge in [0.2, 0.25) is 0 Å². The molecule has 1 fully saturated rings. The first-order valence-electron chi connectivity index (χ1n) is 7.28. The van der Waals surface area contributed by atoms with Crippen LogP contribution < -0.4 is 10.6 Å². The van der Waals surface area contributed by atoms with Crippen molar-refractivity contribution >= 4 is 5.96 Å². The number of rotatable bonds is 6. The summed E-state index contributed by atoms with van der Waals surface area (Å²) in [4.78, 5) is 4.57. The summed E-state index contributed by atoms with van der Waals surface area (Å²) < 4.78 is 0. The summed E-state index contributed by atoms with van der Waals surface area (Å²) in [6.07, 6.45) is 7.07. The Morgan fingerprint density at radius 1 is 1.42 bits per heavy atom. The highest BCUT2D eigenvalue weighted by Crippen LogP contribution is 2.42. The van der Waals surface area contributed by atoms with E-state index in [1.54, 1.807) is 6.20 Å². The molecular weight excluding hydrogens is 238 g/mol. The number of nitrogens with one attached hydrogen (secondary N) is 3. The second-order valence-corrected chi connectivity index (χ2v) is 5.34. The van der Waals surface area contributed by atoms with Crippen LogP contribution in [0.1, 0.15) is 45.2 Å². The predicted molar refractivity (Wildman–Crippen MR) is 78.0 cm³/mol. The van der Waals surface area contributed by atoms with Crippen molar-refractivity contribution in [2.75, 3.05) is 13.1 Å². The molecule has 0 spiro atoms. The van der Waals surface area contributed by atoms with E-state index in [4.69, 9.17) is 0 Å². The monoisotopic (exact) mass is 263 g/mol. The van der Waals surface area contributed by atoms with Gasteiger partial charge in [-0.1, -0.05) is 13.3 Å². The zero-order valence-electron chi connectivity index (χ0n) is 12.0. The van der Waals surface area contributed by atoms with Crippen LogP contribution in [0.25, 0.3) is 0 Å². The van der Waals surface area contributed by atoms with E-state index in [1.807, 2.05) is 6.07 Å². The molecule has 1 saturated carbocycles. The van der Waals surface area contributed by atoms with Crippen LogP contribution in [0, 0.1) is 5.41 Å². The first kappa shape index (κ1) is 13.9. The lowest BCUT2D eigenvalue weighted by Crippen LogP contribution is -2.46. The highest BCUT2D eigenvalue weighted by Gasteiger charge is 2.34. The first-order valence-corrected chi connectivity index (χ1v) is 7.28. The molecule has 1 heterocycles. The first-order chi connectivity index (χ1) is 9.28. The summed E-state index contributed by atoms with van der Waals surface area (Å²) in [6, 6.07) is 1.95. The van der Waals surface area contributed by atoms with Crippen LogP contribution in [-0.4, -0.2) is 29.2 Å². The fourth-order valence-electron chi connectivity index (χ4n) is 2.48. The SMILES string of the molecule is CCNC(=NCc1ccn[nH]1)NCC1(CC)CCC1. The molecule has 1 aliphatic rings. The molecular formula is C14H25N5. The Morgan fingerprint density at radius 3 is 2.79 bits per heavy atom. The fourth-order valence-corrected chi connectivity index (χ4v) is 2.48. The molecule has 1 aliphatic carbocycles. The maximum atomic E-state index is 4.57. The Bertz CT molecular complexity index is 386.